The third kappa shape index (κ3) is 2.83. The van der Waals surface area contributed by atoms with Crippen molar-refractivity contribution in [2.24, 2.45) is 0 Å². The third-order valence-electron chi connectivity index (χ3n) is 2.15. The average Bonchev–Trinajstić information content (AvgIpc) is 2.39. The van der Waals surface area contributed by atoms with E-state index >= 15 is 0 Å². The molecule has 0 fully saturated rings. The Morgan fingerprint density at radius 3 is 2.59 bits per heavy atom. The summed E-state index contributed by atoms with van der Waals surface area (Å²) < 4.78 is 5.52. The van der Waals surface area contributed by atoms with Gasteiger partial charge in [-0.05, 0) is 18.2 Å². The molecule has 3 nitrogen and oxygen atoms in total. The van der Waals surface area contributed by atoms with Crippen LogP contribution in [0.2, 0.25) is 0 Å². The first-order valence-corrected chi connectivity index (χ1v) is 5.13. The van der Waals surface area contributed by atoms with E-state index in [-0.39, 0.29) is 0 Å². The normalized spacial score (nSPS) is 11.5. The SMILES string of the molecule is C#C[C@@H](O)c1cccc(Oc2ccccc2)n1. The summed E-state index contributed by atoms with van der Waals surface area (Å²) in [6.45, 7) is 0. The number of aromatic nitrogens is 1. The molecule has 84 valence electrons. The number of aliphatic hydroxyl groups excluding tert-OH is 1. The number of nitrogens with zero attached hydrogens (tertiary/aromatic N) is 1. The van der Waals surface area contributed by atoms with Gasteiger partial charge in [0.1, 0.15) is 5.75 Å². The molecule has 0 aliphatic heterocycles. The van der Waals surface area contributed by atoms with E-state index in [9.17, 15) is 5.11 Å². The largest absolute Gasteiger partial charge is 0.439 e. The van der Waals surface area contributed by atoms with Gasteiger partial charge in [0.05, 0.1) is 5.69 Å². The number of hydrogen-bond donors (Lipinski definition) is 1. The van der Waals surface area contributed by atoms with Gasteiger partial charge in [-0.15, -0.1) is 6.42 Å². The highest BCUT2D eigenvalue weighted by Gasteiger charge is 2.06. The molecule has 0 spiro atoms. The molecule has 0 saturated carbocycles. The molecule has 1 N–H and O–H groups in total. The second-order valence-corrected chi connectivity index (χ2v) is 3.39. The Bertz CT molecular complexity index is 531. The summed E-state index contributed by atoms with van der Waals surface area (Å²) in [5.74, 6) is 3.30. The molecule has 0 unspecified atom stereocenters. The number of terminal acetylenes is 1. The maximum absolute atomic E-state index is 9.47. The highest BCUT2D eigenvalue weighted by molar-refractivity contribution is 5.28. The van der Waals surface area contributed by atoms with Gasteiger partial charge in [-0.25, -0.2) is 4.98 Å². The van der Waals surface area contributed by atoms with E-state index in [2.05, 4.69) is 10.9 Å². The van der Waals surface area contributed by atoms with Crippen LogP contribution in [-0.4, -0.2) is 10.1 Å². The van der Waals surface area contributed by atoms with Gasteiger partial charge < -0.3 is 9.84 Å². The van der Waals surface area contributed by atoms with E-state index in [0.29, 0.717) is 17.3 Å². The highest BCUT2D eigenvalue weighted by Crippen LogP contribution is 2.20. The van der Waals surface area contributed by atoms with Crippen molar-refractivity contribution in [2.45, 2.75) is 6.10 Å². The molecule has 0 saturated heterocycles. The van der Waals surface area contributed by atoms with E-state index in [0.717, 1.165) is 0 Å². The fourth-order valence-corrected chi connectivity index (χ4v) is 1.33. The van der Waals surface area contributed by atoms with Gasteiger partial charge in [-0.2, -0.15) is 0 Å². The number of ether oxygens (including phenoxy) is 1. The molecular formula is C14H11NO2. The van der Waals surface area contributed by atoms with Crippen molar-refractivity contribution in [3.8, 4) is 24.0 Å². The molecule has 0 amide bonds. The first kappa shape index (κ1) is 11.2. The molecular weight excluding hydrogens is 214 g/mol. The van der Waals surface area contributed by atoms with E-state index in [1.54, 1.807) is 18.2 Å². The number of benzene rings is 1. The number of para-hydroxylation sites is 1. The molecule has 0 aliphatic carbocycles. The minimum atomic E-state index is -1.01. The third-order valence-corrected chi connectivity index (χ3v) is 2.15. The van der Waals surface area contributed by atoms with Crippen LogP contribution in [0.3, 0.4) is 0 Å². The second kappa shape index (κ2) is 5.15. The summed E-state index contributed by atoms with van der Waals surface area (Å²) in [6, 6.07) is 14.4. The number of pyridine rings is 1. The Morgan fingerprint density at radius 1 is 1.12 bits per heavy atom. The number of aliphatic hydroxyl groups is 1. The summed E-state index contributed by atoms with van der Waals surface area (Å²) in [7, 11) is 0. The smallest absolute Gasteiger partial charge is 0.219 e. The molecule has 17 heavy (non-hydrogen) atoms. The molecule has 2 rings (SSSR count). The summed E-state index contributed by atoms with van der Waals surface area (Å²) in [6.07, 6.45) is 4.12. The van der Waals surface area contributed by atoms with Crippen LogP contribution >= 0.6 is 0 Å². The summed E-state index contributed by atoms with van der Waals surface area (Å²) >= 11 is 0. The van der Waals surface area contributed by atoms with E-state index in [4.69, 9.17) is 11.2 Å². The van der Waals surface area contributed by atoms with Crippen LogP contribution in [0.1, 0.15) is 11.8 Å². The summed E-state index contributed by atoms with van der Waals surface area (Å²) in [5.41, 5.74) is 0.404. The number of hydrogen-bond acceptors (Lipinski definition) is 3. The lowest BCUT2D eigenvalue weighted by Crippen LogP contribution is -1.98. The lowest BCUT2D eigenvalue weighted by Gasteiger charge is -2.07. The van der Waals surface area contributed by atoms with Gasteiger partial charge in [-0.3, -0.25) is 0 Å². The number of rotatable bonds is 3. The van der Waals surface area contributed by atoms with Crippen LogP contribution in [0.5, 0.6) is 11.6 Å². The molecule has 2 aromatic rings. The maximum atomic E-state index is 9.47. The molecule has 1 heterocycles. The highest BCUT2D eigenvalue weighted by atomic mass is 16.5. The van der Waals surface area contributed by atoms with E-state index < -0.39 is 6.10 Å². The van der Waals surface area contributed by atoms with Crippen molar-refractivity contribution in [2.75, 3.05) is 0 Å². The zero-order chi connectivity index (χ0) is 12.1. The zero-order valence-electron chi connectivity index (χ0n) is 9.08. The fourth-order valence-electron chi connectivity index (χ4n) is 1.33. The zero-order valence-corrected chi connectivity index (χ0v) is 9.08. The predicted octanol–water partition coefficient (Wildman–Crippen LogP) is 2.54. The Hall–Kier alpha value is -2.31. The van der Waals surface area contributed by atoms with Crippen molar-refractivity contribution < 1.29 is 9.84 Å². The van der Waals surface area contributed by atoms with Crippen LogP contribution in [0.15, 0.2) is 48.5 Å². The first-order valence-electron chi connectivity index (χ1n) is 5.13. The lowest BCUT2D eigenvalue weighted by molar-refractivity contribution is 0.232. The van der Waals surface area contributed by atoms with Crippen molar-refractivity contribution in [3.05, 3.63) is 54.2 Å². The molecule has 1 aromatic heterocycles. The Morgan fingerprint density at radius 2 is 1.88 bits per heavy atom. The van der Waals surface area contributed by atoms with Gasteiger partial charge in [0.2, 0.25) is 5.88 Å². The van der Waals surface area contributed by atoms with E-state index in [1.165, 1.54) is 0 Å². The Balaban J connectivity index is 2.20. The van der Waals surface area contributed by atoms with Crippen LogP contribution in [-0.2, 0) is 0 Å². The van der Waals surface area contributed by atoms with Gasteiger partial charge >= 0.3 is 0 Å². The second-order valence-electron chi connectivity index (χ2n) is 3.39. The van der Waals surface area contributed by atoms with Crippen molar-refractivity contribution in [1.82, 2.24) is 4.98 Å². The molecule has 3 heteroatoms. The van der Waals surface area contributed by atoms with Crippen molar-refractivity contribution >= 4 is 0 Å². The van der Waals surface area contributed by atoms with Crippen LogP contribution in [0.4, 0.5) is 0 Å². The molecule has 0 bridgehead atoms. The standard InChI is InChI=1S/C14H11NO2/c1-2-13(16)12-9-6-10-14(15-12)17-11-7-4-3-5-8-11/h1,3-10,13,16H/t13-/m1/s1. The Labute approximate surface area is 99.7 Å². The average molecular weight is 225 g/mol. The van der Waals surface area contributed by atoms with Gasteiger partial charge in [-0.1, -0.05) is 30.2 Å². The van der Waals surface area contributed by atoms with Gasteiger partial charge in [0, 0.05) is 6.07 Å². The van der Waals surface area contributed by atoms with E-state index in [1.807, 2.05) is 30.3 Å². The van der Waals surface area contributed by atoms with Gasteiger partial charge in [0.15, 0.2) is 6.10 Å². The molecule has 1 aromatic carbocycles. The molecule has 0 aliphatic rings. The predicted molar refractivity (Wildman–Crippen MR) is 64.5 cm³/mol. The van der Waals surface area contributed by atoms with Crippen LogP contribution in [0, 0.1) is 12.3 Å². The maximum Gasteiger partial charge on any atom is 0.219 e. The van der Waals surface area contributed by atoms with Crippen molar-refractivity contribution in [3.63, 3.8) is 0 Å². The molecule has 1 atom stereocenters. The minimum Gasteiger partial charge on any atom is -0.439 e. The summed E-state index contributed by atoms with van der Waals surface area (Å²) in [5, 5.41) is 9.47. The monoisotopic (exact) mass is 225 g/mol. The summed E-state index contributed by atoms with van der Waals surface area (Å²) in [4.78, 5) is 4.12. The fraction of sp³-hybridized carbons (Fsp3) is 0.0714. The van der Waals surface area contributed by atoms with Crippen LogP contribution in [0.25, 0.3) is 0 Å². The topological polar surface area (TPSA) is 42.4 Å². The quantitative estimate of drug-likeness (QED) is 0.816. The Kier molecular flexibility index (Phi) is 3.39. The minimum absolute atomic E-state index is 0.404. The van der Waals surface area contributed by atoms with Crippen molar-refractivity contribution in [1.29, 1.82) is 0 Å². The first-order chi connectivity index (χ1) is 8.29. The van der Waals surface area contributed by atoms with Gasteiger partial charge in [0.25, 0.3) is 0 Å². The molecule has 0 radical (unpaired) electrons. The van der Waals surface area contributed by atoms with Crippen LogP contribution < -0.4 is 4.74 Å². The lowest BCUT2D eigenvalue weighted by atomic mass is 10.2.